The highest BCUT2D eigenvalue weighted by Gasteiger charge is 2.39. The molecule has 1 amide bonds. The highest BCUT2D eigenvalue weighted by atomic mass is 16.5. The highest BCUT2D eigenvalue weighted by molar-refractivity contribution is 5.79. The second-order valence-corrected chi connectivity index (χ2v) is 9.35. The molecule has 190 valence electrons. The van der Waals surface area contributed by atoms with Crippen molar-refractivity contribution in [1.29, 1.82) is 5.26 Å². The van der Waals surface area contributed by atoms with Crippen molar-refractivity contribution in [3.05, 3.63) is 29.8 Å². The summed E-state index contributed by atoms with van der Waals surface area (Å²) in [5.74, 6) is 0.323. The Hall–Kier alpha value is -2.59. The van der Waals surface area contributed by atoms with Crippen molar-refractivity contribution in [1.82, 2.24) is 36.6 Å². The molecule has 6 atom stereocenters. The van der Waals surface area contributed by atoms with Crippen LogP contribution in [0.2, 0.25) is 0 Å². The maximum atomic E-state index is 13.1. The predicted octanol–water partition coefficient (Wildman–Crippen LogP) is -0.284. The molecule has 2 saturated heterocycles. The molecule has 3 aliphatic heterocycles. The standard InChI is InChI=1S/C24H37N9O2/c1-32-22(33(2)31-23(32)18-9-10-26-15-29-18)14-28-21-12-16(8-11-27-21)24(34)30-19(13-25)17-6-4-5-7-20(17)35-3/h4-7,10,16,18-19,21-23,27-29,31H,8-9,11-12,14-15H2,1-3H3,(H,30,34)/t16?,18?,19-,21?,22?,23?/m0/s1. The number of ether oxygens (including phenoxy) is 1. The van der Waals surface area contributed by atoms with E-state index in [4.69, 9.17) is 4.74 Å². The Balaban J connectivity index is 1.30. The number of benzene rings is 1. The summed E-state index contributed by atoms with van der Waals surface area (Å²) in [7, 11) is 5.75. The van der Waals surface area contributed by atoms with Crippen LogP contribution in [-0.2, 0) is 4.79 Å². The van der Waals surface area contributed by atoms with Crippen molar-refractivity contribution < 1.29 is 9.53 Å². The zero-order chi connectivity index (χ0) is 24.8. The van der Waals surface area contributed by atoms with Gasteiger partial charge >= 0.3 is 0 Å². The van der Waals surface area contributed by atoms with Gasteiger partial charge in [-0.3, -0.25) is 25.3 Å². The van der Waals surface area contributed by atoms with Crippen LogP contribution in [0.15, 0.2) is 29.3 Å². The first kappa shape index (κ1) is 25.5. The zero-order valence-electron chi connectivity index (χ0n) is 20.7. The van der Waals surface area contributed by atoms with Crippen LogP contribution < -0.4 is 31.4 Å². The number of piperidine rings is 1. The fourth-order valence-corrected chi connectivity index (χ4v) is 5.15. The summed E-state index contributed by atoms with van der Waals surface area (Å²) in [5.41, 5.74) is 4.23. The summed E-state index contributed by atoms with van der Waals surface area (Å²) in [4.78, 5) is 19.7. The van der Waals surface area contributed by atoms with Gasteiger partial charge in [-0.05, 0) is 32.5 Å². The van der Waals surface area contributed by atoms with Crippen molar-refractivity contribution >= 4 is 12.1 Å². The molecule has 3 heterocycles. The van der Waals surface area contributed by atoms with E-state index in [0.29, 0.717) is 30.4 Å². The molecule has 5 unspecified atom stereocenters. The molecule has 11 heteroatoms. The predicted molar refractivity (Wildman–Crippen MR) is 133 cm³/mol. The van der Waals surface area contributed by atoms with Gasteiger partial charge < -0.3 is 15.4 Å². The maximum Gasteiger partial charge on any atom is 0.224 e. The lowest BCUT2D eigenvalue weighted by atomic mass is 9.94. The van der Waals surface area contributed by atoms with Crippen molar-refractivity contribution in [2.24, 2.45) is 10.9 Å². The Kier molecular flexibility index (Phi) is 8.67. The van der Waals surface area contributed by atoms with E-state index in [1.54, 1.807) is 13.2 Å². The van der Waals surface area contributed by atoms with Crippen LogP contribution in [0.4, 0.5) is 0 Å². The van der Waals surface area contributed by atoms with Crippen LogP contribution >= 0.6 is 0 Å². The lowest BCUT2D eigenvalue weighted by Gasteiger charge is -2.34. The number of carbonyl (C=O) groups excluding carboxylic acids is 1. The Morgan fingerprint density at radius 1 is 1.34 bits per heavy atom. The number of aliphatic imine (C=N–C) groups is 1. The quantitative estimate of drug-likeness (QED) is 0.339. The molecule has 1 aromatic carbocycles. The number of nitriles is 1. The van der Waals surface area contributed by atoms with E-state index in [9.17, 15) is 10.1 Å². The van der Waals surface area contributed by atoms with Gasteiger partial charge in [-0.2, -0.15) is 5.26 Å². The second-order valence-electron chi connectivity index (χ2n) is 9.35. The molecular weight excluding hydrogens is 446 g/mol. The fraction of sp³-hybridized carbons (Fsp3) is 0.625. The number of rotatable bonds is 8. The molecule has 5 N–H and O–H groups in total. The molecule has 4 rings (SSSR count). The van der Waals surface area contributed by atoms with Crippen LogP contribution in [0.5, 0.6) is 5.75 Å². The number of nitrogens with one attached hydrogen (secondary N) is 5. The fourth-order valence-electron chi connectivity index (χ4n) is 5.15. The average Bonchev–Trinajstić information content (AvgIpc) is 3.19. The SMILES string of the molecule is COc1ccccc1[C@H](C#N)NC(=O)C1CCNC(NCC2N(C)NC(C3CC=NCN3)N2C)C1. The largest absolute Gasteiger partial charge is 0.496 e. The summed E-state index contributed by atoms with van der Waals surface area (Å²) < 4.78 is 5.37. The molecule has 0 radical (unpaired) electrons. The molecule has 0 aromatic heterocycles. The van der Waals surface area contributed by atoms with E-state index in [0.717, 1.165) is 25.9 Å². The average molecular weight is 484 g/mol. The van der Waals surface area contributed by atoms with Crippen LogP contribution in [0.25, 0.3) is 0 Å². The Bertz CT molecular complexity index is 936. The van der Waals surface area contributed by atoms with Crippen LogP contribution in [-0.4, -0.2) is 87.5 Å². The number of hydrogen-bond donors (Lipinski definition) is 5. The minimum Gasteiger partial charge on any atom is -0.496 e. The normalized spacial score (nSPS) is 30.5. The third kappa shape index (κ3) is 5.98. The minimum absolute atomic E-state index is 0.0204. The van der Waals surface area contributed by atoms with Gasteiger partial charge in [-0.1, -0.05) is 18.2 Å². The number of methoxy groups -OCH3 is 1. The molecule has 0 aliphatic carbocycles. The summed E-state index contributed by atoms with van der Waals surface area (Å²) in [5, 5.41) is 25.3. The molecule has 1 aromatic rings. The van der Waals surface area contributed by atoms with E-state index in [1.165, 1.54) is 0 Å². The van der Waals surface area contributed by atoms with Gasteiger partial charge in [0.15, 0.2) is 0 Å². The number of hydrazine groups is 1. The van der Waals surface area contributed by atoms with Crippen molar-refractivity contribution in [2.75, 3.05) is 41.0 Å². The van der Waals surface area contributed by atoms with E-state index in [1.807, 2.05) is 24.4 Å². The molecule has 11 nitrogen and oxygen atoms in total. The number of likely N-dealkylation sites (N-methyl/N-ethyl adjacent to an activating group) is 2. The number of hydrogen-bond acceptors (Lipinski definition) is 10. The van der Waals surface area contributed by atoms with Gasteiger partial charge in [-0.15, -0.1) is 0 Å². The number of para-hydroxylation sites is 1. The molecule has 3 aliphatic rings. The van der Waals surface area contributed by atoms with Crippen molar-refractivity contribution in [2.45, 2.75) is 49.8 Å². The maximum absolute atomic E-state index is 13.1. The van der Waals surface area contributed by atoms with Gasteiger partial charge in [0.25, 0.3) is 0 Å². The number of nitrogens with zero attached hydrogens (tertiary/aromatic N) is 4. The molecule has 2 fully saturated rings. The lowest BCUT2D eigenvalue weighted by molar-refractivity contribution is -0.126. The second kappa shape index (κ2) is 11.9. The summed E-state index contributed by atoms with van der Waals surface area (Å²) >= 11 is 0. The van der Waals surface area contributed by atoms with E-state index >= 15 is 0 Å². The van der Waals surface area contributed by atoms with Crippen LogP contribution in [0, 0.1) is 17.2 Å². The van der Waals surface area contributed by atoms with Crippen molar-refractivity contribution in [3.8, 4) is 11.8 Å². The smallest absolute Gasteiger partial charge is 0.224 e. The minimum atomic E-state index is -0.748. The Labute approximate surface area is 207 Å². The third-order valence-corrected chi connectivity index (χ3v) is 7.19. The Morgan fingerprint density at radius 2 is 2.17 bits per heavy atom. The van der Waals surface area contributed by atoms with Gasteiger partial charge in [0, 0.05) is 43.8 Å². The van der Waals surface area contributed by atoms with Crippen LogP contribution in [0.1, 0.15) is 30.9 Å². The third-order valence-electron chi connectivity index (χ3n) is 7.19. The summed E-state index contributed by atoms with van der Waals surface area (Å²) in [6.07, 6.45) is 4.66. The Morgan fingerprint density at radius 3 is 2.91 bits per heavy atom. The van der Waals surface area contributed by atoms with E-state index in [2.05, 4.69) is 61.8 Å². The molecule has 0 bridgehead atoms. The number of carbonyl (C=O) groups is 1. The van der Waals surface area contributed by atoms with Gasteiger partial charge in [0.05, 0.1) is 38.3 Å². The topological polar surface area (TPSA) is 129 Å². The van der Waals surface area contributed by atoms with Gasteiger partial charge in [0.2, 0.25) is 5.91 Å². The summed E-state index contributed by atoms with van der Waals surface area (Å²) in [6, 6.07) is 9.06. The first-order valence-corrected chi connectivity index (χ1v) is 12.2. The zero-order valence-corrected chi connectivity index (χ0v) is 20.7. The molecular formula is C24H37N9O2. The first-order valence-electron chi connectivity index (χ1n) is 12.2. The summed E-state index contributed by atoms with van der Waals surface area (Å²) in [6.45, 7) is 2.14. The molecule has 35 heavy (non-hydrogen) atoms. The number of amides is 1. The first-order chi connectivity index (χ1) is 17.0. The molecule has 0 saturated carbocycles. The lowest BCUT2D eigenvalue weighted by Crippen LogP contribution is -2.56. The van der Waals surface area contributed by atoms with E-state index in [-0.39, 0.29) is 30.3 Å². The highest BCUT2D eigenvalue weighted by Crippen LogP contribution is 2.26. The van der Waals surface area contributed by atoms with Crippen molar-refractivity contribution in [3.63, 3.8) is 0 Å². The monoisotopic (exact) mass is 483 g/mol. The molecule has 0 spiro atoms. The van der Waals surface area contributed by atoms with E-state index < -0.39 is 6.04 Å². The van der Waals surface area contributed by atoms with Gasteiger partial charge in [-0.25, -0.2) is 10.4 Å². The van der Waals surface area contributed by atoms with Gasteiger partial charge in [0.1, 0.15) is 11.8 Å². The van der Waals surface area contributed by atoms with Crippen LogP contribution in [0.3, 0.4) is 0 Å².